The van der Waals surface area contributed by atoms with Crippen molar-refractivity contribution >= 4 is 15.7 Å². The maximum atomic E-state index is 12.8. The van der Waals surface area contributed by atoms with E-state index in [-0.39, 0.29) is 16.6 Å². The first-order valence-corrected chi connectivity index (χ1v) is 7.97. The van der Waals surface area contributed by atoms with Crippen LogP contribution in [0.25, 0.3) is 0 Å². The maximum Gasteiger partial charge on any atom is 0.292 e. The molecule has 1 aliphatic rings. The molecule has 1 aromatic rings. The largest absolute Gasteiger partial charge is 0.292 e. The predicted octanol–water partition coefficient (Wildman–Crippen LogP) is 2.38. The molecule has 0 bridgehead atoms. The van der Waals surface area contributed by atoms with Crippen molar-refractivity contribution in [1.82, 2.24) is 4.31 Å². The molecule has 1 aromatic carbocycles. The molecular formula is C13H18N2O4S. The van der Waals surface area contributed by atoms with Crippen molar-refractivity contribution in [2.24, 2.45) is 0 Å². The second kappa shape index (κ2) is 5.14. The Labute approximate surface area is 118 Å². The lowest BCUT2D eigenvalue weighted by Gasteiger charge is -2.22. The van der Waals surface area contributed by atoms with Crippen molar-refractivity contribution in [2.75, 3.05) is 6.54 Å². The first-order valence-electron chi connectivity index (χ1n) is 6.53. The highest BCUT2D eigenvalue weighted by molar-refractivity contribution is 7.89. The molecule has 20 heavy (non-hydrogen) atoms. The molecule has 1 heterocycles. The zero-order valence-corrected chi connectivity index (χ0v) is 12.6. The Bertz CT molecular complexity index is 655. The SMILES string of the molecule is Cc1ccc(C)c(S(=O)(=O)N2CCC[C@H]2C)c1[N+](=O)[O-]. The van der Waals surface area contributed by atoms with E-state index in [4.69, 9.17) is 0 Å². The summed E-state index contributed by atoms with van der Waals surface area (Å²) in [7, 11) is -3.83. The Hall–Kier alpha value is -1.47. The summed E-state index contributed by atoms with van der Waals surface area (Å²) < 4.78 is 26.9. The molecule has 1 fully saturated rings. The second-order valence-corrected chi connectivity index (χ2v) is 7.07. The van der Waals surface area contributed by atoms with Crippen LogP contribution in [0.2, 0.25) is 0 Å². The van der Waals surface area contributed by atoms with E-state index in [1.165, 1.54) is 4.31 Å². The minimum atomic E-state index is -3.83. The van der Waals surface area contributed by atoms with Gasteiger partial charge in [-0.3, -0.25) is 10.1 Å². The molecule has 0 unspecified atom stereocenters. The van der Waals surface area contributed by atoms with E-state index < -0.39 is 14.9 Å². The lowest BCUT2D eigenvalue weighted by Crippen LogP contribution is -2.34. The molecule has 0 aromatic heterocycles. The lowest BCUT2D eigenvalue weighted by molar-refractivity contribution is -0.388. The van der Waals surface area contributed by atoms with Gasteiger partial charge < -0.3 is 0 Å². The topological polar surface area (TPSA) is 80.5 Å². The summed E-state index contributed by atoms with van der Waals surface area (Å²) in [4.78, 5) is 10.5. The van der Waals surface area contributed by atoms with E-state index in [0.717, 1.165) is 12.8 Å². The number of benzene rings is 1. The standard InChI is InChI=1S/C13H18N2O4S/c1-9-6-7-10(2)13(12(9)15(16)17)20(18,19)14-8-4-5-11(14)3/h6-7,11H,4-5,8H2,1-3H3/t11-/m1/s1. The molecule has 2 rings (SSSR count). The van der Waals surface area contributed by atoms with Crippen molar-refractivity contribution < 1.29 is 13.3 Å². The Morgan fingerprint density at radius 3 is 2.40 bits per heavy atom. The van der Waals surface area contributed by atoms with Crippen molar-refractivity contribution in [1.29, 1.82) is 0 Å². The molecule has 0 N–H and O–H groups in total. The van der Waals surface area contributed by atoms with Gasteiger partial charge in [0.05, 0.1) is 4.92 Å². The molecular weight excluding hydrogens is 280 g/mol. The Morgan fingerprint density at radius 1 is 1.30 bits per heavy atom. The molecule has 1 aliphatic heterocycles. The van der Waals surface area contributed by atoms with E-state index in [0.29, 0.717) is 17.7 Å². The first kappa shape index (κ1) is 14.9. The zero-order valence-electron chi connectivity index (χ0n) is 11.8. The van der Waals surface area contributed by atoms with Gasteiger partial charge in [-0.25, -0.2) is 8.42 Å². The van der Waals surface area contributed by atoms with Crippen LogP contribution >= 0.6 is 0 Å². The van der Waals surface area contributed by atoms with Crippen LogP contribution in [0.3, 0.4) is 0 Å². The molecule has 0 aliphatic carbocycles. The fourth-order valence-electron chi connectivity index (χ4n) is 2.70. The van der Waals surface area contributed by atoms with Crippen molar-refractivity contribution in [3.05, 3.63) is 33.4 Å². The zero-order chi connectivity index (χ0) is 15.1. The van der Waals surface area contributed by atoms with Gasteiger partial charge in [0, 0.05) is 18.2 Å². The lowest BCUT2D eigenvalue weighted by atomic mass is 10.1. The molecule has 110 valence electrons. The molecule has 0 saturated carbocycles. The minimum absolute atomic E-state index is 0.112. The number of nitrogens with zero attached hydrogens (tertiary/aromatic N) is 2. The van der Waals surface area contributed by atoms with Crippen LogP contribution in [0.4, 0.5) is 5.69 Å². The third kappa shape index (κ3) is 2.31. The van der Waals surface area contributed by atoms with Gasteiger partial charge in [0.2, 0.25) is 10.0 Å². The van der Waals surface area contributed by atoms with Gasteiger partial charge in [-0.15, -0.1) is 0 Å². The number of hydrogen-bond donors (Lipinski definition) is 0. The summed E-state index contributed by atoms with van der Waals surface area (Å²) in [6.07, 6.45) is 1.58. The monoisotopic (exact) mass is 298 g/mol. The van der Waals surface area contributed by atoms with Crippen LogP contribution in [0, 0.1) is 24.0 Å². The summed E-state index contributed by atoms with van der Waals surface area (Å²) in [6, 6.07) is 3.09. The first-order chi connectivity index (χ1) is 9.26. The van der Waals surface area contributed by atoms with Crippen LogP contribution < -0.4 is 0 Å². The molecule has 0 radical (unpaired) electrons. The Morgan fingerprint density at radius 2 is 1.90 bits per heavy atom. The number of aryl methyl sites for hydroxylation is 2. The summed E-state index contributed by atoms with van der Waals surface area (Å²) in [5, 5.41) is 11.3. The van der Waals surface area contributed by atoms with E-state index in [1.54, 1.807) is 26.0 Å². The average molecular weight is 298 g/mol. The Kier molecular flexibility index (Phi) is 3.84. The fraction of sp³-hybridized carbons (Fsp3) is 0.538. The van der Waals surface area contributed by atoms with Crippen LogP contribution in [0.15, 0.2) is 17.0 Å². The smallest absolute Gasteiger partial charge is 0.258 e. The van der Waals surface area contributed by atoms with E-state index in [2.05, 4.69) is 0 Å². The summed E-state index contributed by atoms with van der Waals surface area (Å²) in [5.41, 5.74) is 0.483. The molecule has 7 heteroatoms. The van der Waals surface area contributed by atoms with Gasteiger partial charge in [0.1, 0.15) is 0 Å². The van der Waals surface area contributed by atoms with E-state index in [1.807, 2.05) is 6.92 Å². The quantitative estimate of drug-likeness (QED) is 0.634. The third-order valence-corrected chi connectivity index (χ3v) is 5.96. The van der Waals surface area contributed by atoms with Crippen LogP contribution in [-0.4, -0.2) is 30.2 Å². The van der Waals surface area contributed by atoms with Gasteiger partial charge in [-0.1, -0.05) is 12.1 Å². The van der Waals surface area contributed by atoms with Gasteiger partial charge in [-0.05, 0) is 39.2 Å². The van der Waals surface area contributed by atoms with Crippen LogP contribution in [0.1, 0.15) is 30.9 Å². The summed E-state index contributed by atoms with van der Waals surface area (Å²) >= 11 is 0. The maximum absolute atomic E-state index is 12.8. The van der Waals surface area contributed by atoms with Gasteiger partial charge in [0.25, 0.3) is 5.69 Å². The van der Waals surface area contributed by atoms with Crippen molar-refractivity contribution in [2.45, 2.75) is 44.6 Å². The van der Waals surface area contributed by atoms with Crippen molar-refractivity contribution in [3.8, 4) is 0 Å². The molecule has 6 nitrogen and oxygen atoms in total. The predicted molar refractivity (Wildman–Crippen MR) is 75.2 cm³/mol. The van der Waals surface area contributed by atoms with Gasteiger partial charge in [-0.2, -0.15) is 4.31 Å². The van der Waals surface area contributed by atoms with Gasteiger partial charge >= 0.3 is 0 Å². The second-order valence-electron chi connectivity index (χ2n) is 5.24. The number of nitro benzene ring substituents is 1. The van der Waals surface area contributed by atoms with Crippen LogP contribution in [0.5, 0.6) is 0 Å². The number of rotatable bonds is 3. The molecule has 0 amide bonds. The Balaban J connectivity index is 2.68. The van der Waals surface area contributed by atoms with Crippen molar-refractivity contribution in [3.63, 3.8) is 0 Å². The van der Waals surface area contributed by atoms with E-state index in [9.17, 15) is 18.5 Å². The minimum Gasteiger partial charge on any atom is -0.258 e. The molecule has 1 atom stereocenters. The average Bonchev–Trinajstić information content (AvgIpc) is 2.78. The van der Waals surface area contributed by atoms with Gasteiger partial charge in [0.15, 0.2) is 4.90 Å². The molecule has 1 saturated heterocycles. The highest BCUT2D eigenvalue weighted by Gasteiger charge is 2.38. The number of hydrogen-bond acceptors (Lipinski definition) is 4. The molecule has 0 spiro atoms. The highest BCUT2D eigenvalue weighted by Crippen LogP contribution is 2.35. The summed E-state index contributed by atoms with van der Waals surface area (Å²) in [5.74, 6) is 0. The number of nitro groups is 1. The highest BCUT2D eigenvalue weighted by atomic mass is 32.2. The van der Waals surface area contributed by atoms with Crippen LogP contribution in [-0.2, 0) is 10.0 Å². The fourth-order valence-corrected chi connectivity index (χ4v) is 4.84. The third-order valence-electron chi connectivity index (χ3n) is 3.77. The number of sulfonamides is 1. The summed E-state index contributed by atoms with van der Waals surface area (Å²) in [6.45, 7) is 5.42. The van der Waals surface area contributed by atoms with E-state index >= 15 is 0 Å². The normalized spacial score (nSPS) is 20.2.